The molecule has 0 atom stereocenters. The van der Waals surface area contributed by atoms with Crippen LogP contribution in [0.4, 0.5) is 0 Å². The number of pyridine rings is 1. The van der Waals surface area contributed by atoms with Crippen LogP contribution in [0.3, 0.4) is 0 Å². The van der Waals surface area contributed by atoms with Crippen LogP contribution in [0, 0.1) is 19.9 Å². The standard InChI is InChI=1S/C19H14NS.C5H8O2.Ir/c1-12-9-13(2)11-14(10-12)18-19-16(7-8-21-19)15-5-3-4-6-17(15)20-18;1-4(6)3-5(2)7;/h3-10H,1-2H3;3,6H,1-2H3;/q-1;;/b;4-3-;. The van der Waals surface area contributed by atoms with Crippen LogP contribution in [0.25, 0.3) is 32.2 Å². The van der Waals surface area contributed by atoms with Crippen LogP contribution in [-0.2, 0) is 24.9 Å². The molecule has 0 aliphatic rings. The molecule has 2 heterocycles. The third-order valence-corrected chi connectivity index (χ3v) is 5.04. The molecule has 3 nitrogen and oxygen atoms in total. The van der Waals surface area contributed by atoms with E-state index in [1.54, 1.807) is 11.3 Å². The second kappa shape index (κ2) is 9.93. The van der Waals surface area contributed by atoms with Crippen molar-refractivity contribution in [2.75, 3.05) is 0 Å². The van der Waals surface area contributed by atoms with Crippen LogP contribution < -0.4 is 0 Å². The van der Waals surface area contributed by atoms with E-state index in [-0.39, 0.29) is 31.6 Å². The predicted molar refractivity (Wildman–Crippen MR) is 118 cm³/mol. The second-order valence-electron chi connectivity index (χ2n) is 6.79. The average Bonchev–Trinajstić information content (AvgIpc) is 3.09. The number of aryl methyl sites for hydroxylation is 2. The van der Waals surface area contributed by atoms with Gasteiger partial charge in [0.1, 0.15) is 0 Å². The van der Waals surface area contributed by atoms with Gasteiger partial charge in [-0.3, -0.25) is 9.78 Å². The van der Waals surface area contributed by atoms with Crippen molar-refractivity contribution < 1.29 is 30.0 Å². The number of carbonyl (C=O) groups excluding carboxylic acids is 1. The number of aliphatic hydroxyl groups is 1. The minimum absolute atomic E-state index is 0. The Balaban J connectivity index is 0.000000327. The predicted octanol–water partition coefficient (Wildman–Crippen LogP) is 6.57. The summed E-state index contributed by atoms with van der Waals surface area (Å²) in [6, 6.07) is 18.3. The first kappa shape index (κ1) is 23.0. The number of benzene rings is 2. The molecule has 0 fully saturated rings. The molecule has 151 valence electrons. The number of aromatic nitrogens is 1. The number of para-hydroxylation sites is 1. The van der Waals surface area contributed by atoms with Gasteiger partial charge >= 0.3 is 0 Å². The fraction of sp³-hybridized carbons (Fsp3) is 0.167. The molecule has 0 saturated carbocycles. The number of hydrogen-bond acceptors (Lipinski definition) is 4. The van der Waals surface area contributed by atoms with Crippen molar-refractivity contribution in [1.29, 1.82) is 0 Å². The molecule has 0 unspecified atom stereocenters. The smallest absolute Gasteiger partial charge is 0.155 e. The van der Waals surface area contributed by atoms with Crippen molar-refractivity contribution in [3.05, 3.63) is 76.9 Å². The van der Waals surface area contributed by atoms with Gasteiger partial charge in [0.2, 0.25) is 0 Å². The maximum absolute atomic E-state index is 10.0. The summed E-state index contributed by atoms with van der Waals surface area (Å²) in [7, 11) is 0. The maximum atomic E-state index is 10.0. The van der Waals surface area contributed by atoms with Crippen LogP contribution in [-0.4, -0.2) is 15.9 Å². The van der Waals surface area contributed by atoms with Gasteiger partial charge in [-0.05, 0) is 36.7 Å². The number of rotatable bonds is 2. The maximum Gasteiger partial charge on any atom is 0.155 e. The molecular weight excluding hydrogens is 559 g/mol. The van der Waals surface area contributed by atoms with Crippen LogP contribution >= 0.6 is 11.3 Å². The van der Waals surface area contributed by atoms with Gasteiger partial charge in [0, 0.05) is 42.0 Å². The van der Waals surface area contributed by atoms with Gasteiger partial charge in [-0.2, -0.15) is 11.3 Å². The molecule has 4 rings (SSSR count). The summed E-state index contributed by atoms with van der Waals surface area (Å²) in [6.45, 7) is 7.06. The largest absolute Gasteiger partial charge is 0.512 e. The Bertz CT molecular complexity index is 1170. The number of thiophene rings is 1. The van der Waals surface area contributed by atoms with E-state index in [1.165, 1.54) is 41.0 Å². The van der Waals surface area contributed by atoms with Gasteiger partial charge < -0.3 is 5.11 Å². The van der Waals surface area contributed by atoms with E-state index < -0.39 is 0 Å². The third kappa shape index (κ3) is 5.60. The first-order valence-corrected chi connectivity index (χ1v) is 9.88. The van der Waals surface area contributed by atoms with E-state index in [4.69, 9.17) is 10.1 Å². The van der Waals surface area contributed by atoms with E-state index in [2.05, 4.69) is 61.7 Å². The molecule has 29 heavy (non-hydrogen) atoms. The van der Waals surface area contributed by atoms with Crippen LogP contribution in [0.15, 0.2) is 59.7 Å². The zero-order valence-electron chi connectivity index (χ0n) is 16.7. The summed E-state index contributed by atoms with van der Waals surface area (Å²) in [6.07, 6.45) is 1.17. The van der Waals surface area contributed by atoms with E-state index in [9.17, 15) is 4.79 Å². The fourth-order valence-corrected chi connectivity index (χ4v) is 4.09. The fourth-order valence-electron chi connectivity index (χ4n) is 3.17. The summed E-state index contributed by atoms with van der Waals surface area (Å²) >= 11 is 1.75. The summed E-state index contributed by atoms with van der Waals surface area (Å²) in [5.41, 5.74) is 5.59. The van der Waals surface area contributed by atoms with E-state index in [0.717, 1.165) is 22.3 Å². The number of aliphatic hydroxyl groups excluding tert-OH is 1. The summed E-state index contributed by atoms with van der Waals surface area (Å²) in [5, 5.41) is 13.0. The number of hydrogen-bond donors (Lipinski definition) is 1. The Morgan fingerprint density at radius 3 is 2.45 bits per heavy atom. The Kier molecular flexibility index (Phi) is 7.86. The zero-order valence-corrected chi connectivity index (χ0v) is 20.0. The third-order valence-electron chi connectivity index (χ3n) is 4.12. The van der Waals surface area contributed by atoms with Crippen LogP contribution in [0.1, 0.15) is 25.0 Å². The van der Waals surface area contributed by atoms with Crippen molar-refractivity contribution in [3.8, 4) is 11.3 Å². The van der Waals surface area contributed by atoms with Crippen molar-refractivity contribution in [1.82, 2.24) is 4.98 Å². The van der Waals surface area contributed by atoms with Crippen LogP contribution in [0.5, 0.6) is 0 Å². The molecule has 1 radical (unpaired) electrons. The monoisotopic (exact) mass is 581 g/mol. The minimum atomic E-state index is -0.125. The molecule has 4 aromatic rings. The van der Waals surface area contributed by atoms with Gasteiger partial charge in [-0.25, -0.2) is 0 Å². The van der Waals surface area contributed by atoms with E-state index >= 15 is 0 Å². The van der Waals surface area contributed by atoms with Crippen molar-refractivity contribution in [2.24, 2.45) is 0 Å². The van der Waals surface area contributed by atoms with Gasteiger partial charge in [0.25, 0.3) is 0 Å². The second-order valence-corrected chi connectivity index (χ2v) is 7.71. The Labute approximate surface area is 188 Å². The summed E-state index contributed by atoms with van der Waals surface area (Å²) in [4.78, 5) is 14.9. The normalized spacial score (nSPS) is 11.0. The molecule has 0 aliphatic carbocycles. The molecule has 1 N–H and O–H groups in total. The first-order valence-electron chi connectivity index (χ1n) is 9.00. The number of nitrogens with zero attached hydrogens (tertiary/aromatic N) is 1. The molecule has 2 aromatic carbocycles. The Hall–Kier alpha value is -2.33. The van der Waals surface area contributed by atoms with Crippen molar-refractivity contribution in [2.45, 2.75) is 27.7 Å². The van der Waals surface area contributed by atoms with Gasteiger partial charge in [-0.1, -0.05) is 32.0 Å². The van der Waals surface area contributed by atoms with E-state index in [0.29, 0.717) is 0 Å². The molecule has 0 aliphatic heterocycles. The number of fused-ring (bicyclic) bond motifs is 3. The molecule has 0 saturated heterocycles. The van der Waals surface area contributed by atoms with Gasteiger partial charge in [0.05, 0.1) is 11.3 Å². The van der Waals surface area contributed by atoms with Crippen LogP contribution in [0.2, 0.25) is 0 Å². The first-order chi connectivity index (χ1) is 13.3. The minimum Gasteiger partial charge on any atom is -0.512 e. The topological polar surface area (TPSA) is 50.2 Å². The quantitative estimate of drug-likeness (QED) is 0.166. The molecular formula is C24H22IrNO2S-. The summed E-state index contributed by atoms with van der Waals surface area (Å²) < 4.78 is 1.25. The molecule has 0 spiro atoms. The van der Waals surface area contributed by atoms with Crippen molar-refractivity contribution >= 4 is 38.1 Å². The number of ketones is 1. The average molecular weight is 581 g/mol. The molecule has 5 heteroatoms. The molecule has 0 bridgehead atoms. The summed E-state index contributed by atoms with van der Waals surface area (Å²) in [5.74, 6) is -0.0625. The zero-order chi connectivity index (χ0) is 20.3. The van der Waals surface area contributed by atoms with E-state index in [1.807, 2.05) is 6.07 Å². The number of carbonyl (C=O) groups is 1. The van der Waals surface area contributed by atoms with Gasteiger partial charge in [-0.15, -0.1) is 34.9 Å². The Morgan fingerprint density at radius 2 is 1.83 bits per heavy atom. The molecule has 0 amide bonds. The molecule has 2 aromatic heterocycles. The van der Waals surface area contributed by atoms with Gasteiger partial charge in [0.15, 0.2) is 5.78 Å². The number of allylic oxidation sites excluding steroid dienone is 2. The Morgan fingerprint density at radius 1 is 1.10 bits per heavy atom. The van der Waals surface area contributed by atoms with Crippen molar-refractivity contribution in [3.63, 3.8) is 0 Å². The SMILES string of the molecule is CC(=O)/C=C(/C)O.Cc1[c-]c(-c2nc3ccccc3c3ccsc23)cc(C)c1.[Ir].